The number of Topliss-reactive ketones (excluding diaryl/α,β-unsaturated/α-hetero) is 1. The maximum atomic E-state index is 14.3. The predicted molar refractivity (Wildman–Crippen MR) is 145 cm³/mol. The summed E-state index contributed by atoms with van der Waals surface area (Å²) in [6, 6.07) is 9.44. The molecule has 2 N–H and O–H groups in total. The van der Waals surface area contributed by atoms with Crippen molar-refractivity contribution in [2.45, 2.75) is 72.8 Å². The Morgan fingerprint density at radius 3 is 2.53 bits per heavy atom. The molecule has 0 bridgehead atoms. The lowest BCUT2D eigenvalue weighted by atomic mass is 9.52. The number of nitrogens with one attached hydrogen (secondary N) is 1. The summed E-state index contributed by atoms with van der Waals surface area (Å²) in [6.45, 7) is 13.0. The Kier molecular flexibility index (Phi) is 7.30. The van der Waals surface area contributed by atoms with Gasteiger partial charge >= 0.3 is 0 Å². The fourth-order valence-electron chi connectivity index (χ4n) is 7.11. The van der Waals surface area contributed by atoms with E-state index in [1.807, 2.05) is 37.3 Å². The van der Waals surface area contributed by atoms with Crippen molar-refractivity contribution in [3.8, 4) is 0 Å². The van der Waals surface area contributed by atoms with Crippen molar-refractivity contribution < 1.29 is 14.7 Å². The maximum absolute atomic E-state index is 14.3. The summed E-state index contributed by atoms with van der Waals surface area (Å²) >= 11 is 0. The molecule has 4 nitrogen and oxygen atoms in total. The number of hydrogen-bond donors (Lipinski definition) is 2. The van der Waals surface area contributed by atoms with Gasteiger partial charge in [0.2, 0.25) is 0 Å². The molecule has 0 saturated heterocycles. The molecule has 0 aromatic heterocycles. The molecule has 1 amide bonds. The second kappa shape index (κ2) is 9.97. The first kappa shape index (κ1) is 26.3. The van der Waals surface area contributed by atoms with Gasteiger partial charge in [0.1, 0.15) is 0 Å². The highest BCUT2D eigenvalue weighted by molar-refractivity contribution is 6.07. The smallest absolute Gasteiger partial charge is 0.260 e. The van der Waals surface area contributed by atoms with Crippen molar-refractivity contribution in [2.24, 2.45) is 29.1 Å². The van der Waals surface area contributed by atoms with E-state index < -0.39 is 11.5 Å². The third-order valence-corrected chi connectivity index (χ3v) is 8.76. The molecular formula is C32H41NO3. The first-order chi connectivity index (χ1) is 17.0. The molecule has 192 valence electrons. The molecular weight excluding hydrogens is 446 g/mol. The molecule has 36 heavy (non-hydrogen) atoms. The number of aliphatic hydroxyl groups is 1. The van der Waals surface area contributed by atoms with Gasteiger partial charge in [-0.05, 0) is 69.4 Å². The number of benzene rings is 1. The van der Waals surface area contributed by atoms with Crippen LogP contribution in [0.4, 0.5) is 0 Å². The summed E-state index contributed by atoms with van der Waals surface area (Å²) in [5.74, 6) is -0.0815. The molecule has 1 aromatic carbocycles. The van der Waals surface area contributed by atoms with Gasteiger partial charge in [-0.3, -0.25) is 9.59 Å². The van der Waals surface area contributed by atoms with Crippen LogP contribution in [-0.2, 0) is 16.0 Å². The second-order valence-electron chi connectivity index (χ2n) is 11.8. The van der Waals surface area contributed by atoms with E-state index in [1.165, 1.54) is 22.8 Å². The standard InChI is InChI=1S/C32H41NO3/c1-7-20(2)15-22(4)27-23(5)17-31(6)16-21(3)13-14-25(31)28(27)29(34)26-19-32(36,30(35)33-26)18-24-11-9-8-10-12-24/h7-12,15,17,19,21,25,27-28,36H,13-14,16,18H2,1-6H3,(H,33,35)/b20-7+,22-15+/t21-,25?,27-,28+,31+,32?/m1/s1. The number of amides is 1. The Morgan fingerprint density at radius 2 is 1.86 bits per heavy atom. The van der Waals surface area contributed by atoms with E-state index in [4.69, 9.17) is 0 Å². The fourth-order valence-corrected chi connectivity index (χ4v) is 7.11. The largest absolute Gasteiger partial charge is 0.375 e. The molecule has 1 fully saturated rings. The number of allylic oxidation sites excluding steroid dienone is 7. The van der Waals surface area contributed by atoms with Crippen molar-refractivity contribution in [3.63, 3.8) is 0 Å². The molecule has 3 aliphatic rings. The van der Waals surface area contributed by atoms with E-state index in [1.54, 1.807) is 0 Å². The zero-order valence-electron chi connectivity index (χ0n) is 22.6. The SMILES string of the molecule is C/C=C(C)/C=C(\C)[C@@H]1C(C)=C[C@]2(C)C[C@H](C)CCC2[C@@H]1C(=O)C1=CC(O)(Cc2ccccc2)C(=O)N1. The van der Waals surface area contributed by atoms with Gasteiger partial charge in [-0.2, -0.15) is 0 Å². The zero-order valence-corrected chi connectivity index (χ0v) is 22.6. The zero-order chi connectivity index (χ0) is 26.3. The van der Waals surface area contributed by atoms with Gasteiger partial charge in [-0.25, -0.2) is 0 Å². The Balaban J connectivity index is 1.75. The van der Waals surface area contributed by atoms with Crippen LogP contribution in [0, 0.1) is 29.1 Å². The quantitative estimate of drug-likeness (QED) is 0.377. The molecule has 2 unspecified atom stereocenters. The molecule has 4 heteroatoms. The van der Waals surface area contributed by atoms with Crippen molar-refractivity contribution >= 4 is 11.7 Å². The van der Waals surface area contributed by atoms with Crippen LogP contribution in [0.2, 0.25) is 0 Å². The maximum Gasteiger partial charge on any atom is 0.260 e. The van der Waals surface area contributed by atoms with Gasteiger partial charge in [-0.15, -0.1) is 0 Å². The number of carbonyl (C=O) groups is 2. The van der Waals surface area contributed by atoms with E-state index in [0.717, 1.165) is 24.8 Å². The summed E-state index contributed by atoms with van der Waals surface area (Å²) in [6.07, 6.45) is 11.5. The summed E-state index contributed by atoms with van der Waals surface area (Å²) in [7, 11) is 0. The fraction of sp³-hybridized carbons (Fsp3) is 0.500. The van der Waals surface area contributed by atoms with Crippen molar-refractivity contribution in [1.29, 1.82) is 0 Å². The Bertz CT molecular complexity index is 1160. The molecule has 4 rings (SSSR count). The lowest BCUT2D eigenvalue weighted by Gasteiger charge is -2.52. The third-order valence-electron chi connectivity index (χ3n) is 8.76. The molecule has 6 atom stereocenters. The van der Waals surface area contributed by atoms with Crippen molar-refractivity contribution in [1.82, 2.24) is 5.32 Å². The molecule has 0 spiro atoms. The molecule has 0 radical (unpaired) electrons. The van der Waals surface area contributed by atoms with Crippen LogP contribution in [0.15, 0.2) is 77.1 Å². The van der Waals surface area contributed by atoms with Crippen LogP contribution in [0.25, 0.3) is 0 Å². The molecule has 1 heterocycles. The van der Waals surface area contributed by atoms with E-state index in [9.17, 15) is 14.7 Å². The number of fused-ring (bicyclic) bond motifs is 1. The van der Waals surface area contributed by atoms with Crippen molar-refractivity contribution in [3.05, 3.63) is 82.6 Å². The minimum absolute atomic E-state index is 0.0282. The number of hydrogen-bond acceptors (Lipinski definition) is 3. The highest BCUT2D eigenvalue weighted by atomic mass is 16.3. The lowest BCUT2D eigenvalue weighted by molar-refractivity contribution is -0.133. The third kappa shape index (κ3) is 4.93. The number of carbonyl (C=O) groups excluding carboxylic acids is 2. The van der Waals surface area contributed by atoms with Crippen molar-refractivity contribution in [2.75, 3.05) is 0 Å². The van der Waals surface area contributed by atoms with Crippen LogP contribution >= 0.6 is 0 Å². The average molecular weight is 488 g/mol. The Hall–Kier alpha value is -2.72. The minimum Gasteiger partial charge on any atom is -0.375 e. The van der Waals surface area contributed by atoms with Crippen LogP contribution < -0.4 is 5.32 Å². The van der Waals surface area contributed by atoms with Crippen LogP contribution in [0.3, 0.4) is 0 Å². The van der Waals surface area contributed by atoms with E-state index in [2.05, 4.69) is 58.2 Å². The molecule has 1 aromatic rings. The monoisotopic (exact) mass is 487 g/mol. The van der Waals surface area contributed by atoms with Crippen LogP contribution in [-0.4, -0.2) is 22.4 Å². The molecule has 1 saturated carbocycles. The second-order valence-corrected chi connectivity index (χ2v) is 11.8. The summed E-state index contributed by atoms with van der Waals surface area (Å²) in [5.41, 5.74) is 2.88. The van der Waals surface area contributed by atoms with E-state index in [-0.39, 0.29) is 41.1 Å². The summed E-state index contributed by atoms with van der Waals surface area (Å²) < 4.78 is 0. The predicted octanol–water partition coefficient (Wildman–Crippen LogP) is 6.09. The molecule has 2 aliphatic carbocycles. The summed E-state index contributed by atoms with van der Waals surface area (Å²) in [5, 5.41) is 14.0. The minimum atomic E-state index is -1.72. The van der Waals surface area contributed by atoms with Gasteiger partial charge in [0.25, 0.3) is 5.91 Å². The number of ketones is 1. The van der Waals surface area contributed by atoms with Gasteiger partial charge in [0, 0.05) is 18.3 Å². The Labute approximate surface area is 216 Å². The highest BCUT2D eigenvalue weighted by Gasteiger charge is 2.52. The highest BCUT2D eigenvalue weighted by Crippen LogP contribution is 2.56. The normalized spacial score (nSPS) is 35.0. The Morgan fingerprint density at radius 1 is 1.17 bits per heavy atom. The summed E-state index contributed by atoms with van der Waals surface area (Å²) in [4.78, 5) is 27.3. The lowest BCUT2D eigenvalue weighted by Crippen LogP contribution is -2.48. The first-order valence-electron chi connectivity index (χ1n) is 13.3. The van der Waals surface area contributed by atoms with Crippen LogP contribution in [0.5, 0.6) is 0 Å². The van der Waals surface area contributed by atoms with Gasteiger partial charge in [0.15, 0.2) is 11.4 Å². The number of rotatable bonds is 6. The topological polar surface area (TPSA) is 66.4 Å². The van der Waals surface area contributed by atoms with Gasteiger partial charge in [-0.1, -0.05) is 85.5 Å². The first-order valence-corrected chi connectivity index (χ1v) is 13.3. The van der Waals surface area contributed by atoms with Crippen LogP contribution in [0.1, 0.15) is 66.4 Å². The van der Waals surface area contributed by atoms with E-state index in [0.29, 0.717) is 5.92 Å². The average Bonchev–Trinajstić information content (AvgIpc) is 3.11. The van der Waals surface area contributed by atoms with Gasteiger partial charge < -0.3 is 10.4 Å². The molecule has 1 aliphatic heterocycles. The van der Waals surface area contributed by atoms with E-state index >= 15 is 0 Å². The van der Waals surface area contributed by atoms with Gasteiger partial charge in [0.05, 0.1) is 5.70 Å².